The van der Waals surface area contributed by atoms with Crippen LogP contribution in [0.2, 0.25) is 0 Å². The third-order valence-electron chi connectivity index (χ3n) is 2.87. The summed E-state index contributed by atoms with van der Waals surface area (Å²) in [6, 6.07) is 7.95. The van der Waals surface area contributed by atoms with Crippen LogP contribution in [0.4, 0.5) is 5.69 Å². The summed E-state index contributed by atoms with van der Waals surface area (Å²) in [5.74, 6) is -0.779. The van der Waals surface area contributed by atoms with Gasteiger partial charge in [0.1, 0.15) is 5.92 Å². The zero-order chi connectivity index (χ0) is 12.8. The van der Waals surface area contributed by atoms with Gasteiger partial charge in [-0.15, -0.1) is 0 Å². The van der Waals surface area contributed by atoms with Crippen molar-refractivity contribution in [3.63, 3.8) is 0 Å². The Labute approximate surface area is 102 Å². The van der Waals surface area contributed by atoms with Crippen molar-refractivity contribution >= 4 is 11.6 Å². The Bertz CT molecular complexity index is 446. The van der Waals surface area contributed by atoms with E-state index in [1.54, 1.807) is 0 Å². The Morgan fingerprint density at radius 3 is 2.71 bits per heavy atom. The summed E-state index contributed by atoms with van der Waals surface area (Å²) >= 11 is 0. The number of nitrogens with one attached hydrogen (secondary N) is 1. The second kappa shape index (κ2) is 6.05. The highest BCUT2D eigenvalue weighted by molar-refractivity contribution is 5.95. The first-order chi connectivity index (χ1) is 8.13. The number of rotatable bonds is 4. The van der Waals surface area contributed by atoms with Gasteiger partial charge >= 0.3 is 0 Å². The predicted octanol–water partition coefficient (Wildman–Crippen LogP) is 3.05. The molecule has 1 aromatic carbocycles. The van der Waals surface area contributed by atoms with Crippen molar-refractivity contribution in [3.05, 3.63) is 29.3 Å². The summed E-state index contributed by atoms with van der Waals surface area (Å²) in [6.07, 6.45) is 1.40. The number of hydrogen-bond acceptors (Lipinski definition) is 2. The van der Waals surface area contributed by atoms with Crippen LogP contribution in [-0.2, 0) is 11.2 Å². The highest BCUT2D eigenvalue weighted by Gasteiger charge is 2.17. The lowest BCUT2D eigenvalue weighted by Crippen LogP contribution is -2.22. The van der Waals surface area contributed by atoms with E-state index >= 15 is 0 Å². The van der Waals surface area contributed by atoms with E-state index in [1.165, 1.54) is 0 Å². The molecule has 1 aromatic rings. The number of carbonyl (C=O) groups is 1. The molecule has 0 aliphatic carbocycles. The van der Waals surface area contributed by atoms with Gasteiger partial charge in [0.15, 0.2) is 0 Å². The SMILES string of the molecule is CCc1cccc(C)c1NC(=O)C(C#N)CC. The Kier molecular flexibility index (Phi) is 4.71. The second-order valence-electron chi connectivity index (χ2n) is 4.04. The topological polar surface area (TPSA) is 52.9 Å². The Balaban J connectivity index is 2.96. The molecule has 0 saturated heterocycles. The molecular weight excluding hydrogens is 212 g/mol. The van der Waals surface area contributed by atoms with Gasteiger partial charge in [0.2, 0.25) is 5.91 Å². The van der Waals surface area contributed by atoms with E-state index in [1.807, 2.05) is 45.0 Å². The molecule has 17 heavy (non-hydrogen) atoms. The number of aryl methyl sites for hydroxylation is 2. The molecule has 0 heterocycles. The number of amides is 1. The third kappa shape index (κ3) is 3.07. The molecule has 3 nitrogen and oxygen atoms in total. The highest BCUT2D eigenvalue weighted by atomic mass is 16.1. The van der Waals surface area contributed by atoms with Crippen LogP contribution < -0.4 is 5.32 Å². The van der Waals surface area contributed by atoms with Crippen molar-refractivity contribution in [2.24, 2.45) is 5.92 Å². The Morgan fingerprint density at radius 1 is 1.47 bits per heavy atom. The Morgan fingerprint density at radius 2 is 2.18 bits per heavy atom. The molecule has 0 bridgehead atoms. The van der Waals surface area contributed by atoms with Gasteiger partial charge in [0.25, 0.3) is 0 Å². The monoisotopic (exact) mass is 230 g/mol. The number of anilines is 1. The van der Waals surface area contributed by atoms with Crippen molar-refractivity contribution < 1.29 is 4.79 Å². The van der Waals surface area contributed by atoms with E-state index in [9.17, 15) is 4.79 Å². The fourth-order valence-corrected chi connectivity index (χ4v) is 1.75. The van der Waals surface area contributed by atoms with E-state index in [-0.39, 0.29) is 5.91 Å². The van der Waals surface area contributed by atoms with E-state index in [0.717, 1.165) is 23.2 Å². The van der Waals surface area contributed by atoms with Gasteiger partial charge in [-0.2, -0.15) is 5.26 Å². The summed E-state index contributed by atoms with van der Waals surface area (Å²) in [4.78, 5) is 11.9. The minimum absolute atomic E-state index is 0.209. The number of hydrogen-bond donors (Lipinski definition) is 1. The fraction of sp³-hybridized carbons (Fsp3) is 0.429. The molecule has 0 aliphatic heterocycles. The molecule has 3 heteroatoms. The van der Waals surface area contributed by atoms with Gasteiger partial charge in [-0.1, -0.05) is 32.0 Å². The van der Waals surface area contributed by atoms with Gasteiger partial charge in [-0.3, -0.25) is 4.79 Å². The fourth-order valence-electron chi connectivity index (χ4n) is 1.75. The molecule has 0 fully saturated rings. The van der Waals surface area contributed by atoms with Crippen molar-refractivity contribution in [1.29, 1.82) is 5.26 Å². The van der Waals surface area contributed by atoms with Crippen LogP contribution in [0.3, 0.4) is 0 Å². The van der Waals surface area contributed by atoms with E-state index in [2.05, 4.69) is 5.32 Å². The number of carbonyl (C=O) groups excluding carboxylic acids is 1. The average molecular weight is 230 g/mol. The first-order valence-corrected chi connectivity index (χ1v) is 5.93. The normalized spacial score (nSPS) is 11.6. The first-order valence-electron chi connectivity index (χ1n) is 5.93. The number of para-hydroxylation sites is 1. The van der Waals surface area contributed by atoms with E-state index in [4.69, 9.17) is 5.26 Å². The first kappa shape index (κ1) is 13.2. The molecule has 1 N–H and O–H groups in total. The van der Waals surface area contributed by atoms with Gasteiger partial charge in [0.05, 0.1) is 6.07 Å². The average Bonchev–Trinajstić information content (AvgIpc) is 2.33. The standard InChI is InChI=1S/C14H18N2O/c1-4-11-8-6-7-10(3)13(11)16-14(17)12(5-2)9-15/h6-8,12H,4-5H2,1-3H3,(H,16,17). The lowest BCUT2D eigenvalue weighted by molar-refractivity contribution is -0.118. The molecular formula is C14H18N2O. The highest BCUT2D eigenvalue weighted by Crippen LogP contribution is 2.22. The Hall–Kier alpha value is -1.82. The van der Waals surface area contributed by atoms with Crippen molar-refractivity contribution in [1.82, 2.24) is 0 Å². The summed E-state index contributed by atoms with van der Waals surface area (Å²) < 4.78 is 0. The van der Waals surface area contributed by atoms with E-state index < -0.39 is 5.92 Å². The van der Waals surface area contributed by atoms with Crippen LogP contribution in [0.15, 0.2) is 18.2 Å². The molecule has 0 aromatic heterocycles. The van der Waals surface area contributed by atoms with Crippen LogP contribution in [0.25, 0.3) is 0 Å². The minimum Gasteiger partial charge on any atom is -0.324 e. The van der Waals surface area contributed by atoms with E-state index in [0.29, 0.717) is 6.42 Å². The van der Waals surface area contributed by atoms with Gasteiger partial charge < -0.3 is 5.32 Å². The summed E-state index contributed by atoms with van der Waals surface area (Å²) in [5, 5.41) is 11.7. The van der Waals surface area contributed by atoms with Gasteiger partial charge in [-0.05, 0) is 30.9 Å². The molecule has 0 spiro atoms. The third-order valence-corrected chi connectivity index (χ3v) is 2.87. The van der Waals surface area contributed by atoms with Crippen molar-refractivity contribution in [2.75, 3.05) is 5.32 Å². The zero-order valence-corrected chi connectivity index (χ0v) is 10.6. The summed E-state index contributed by atoms with van der Waals surface area (Å²) in [5.41, 5.74) is 2.99. The van der Waals surface area contributed by atoms with Gasteiger partial charge in [-0.25, -0.2) is 0 Å². The van der Waals surface area contributed by atoms with Crippen LogP contribution >= 0.6 is 0 Å². The molecule has 90 valence electrons. The quantitative estimate of drug-likeness (QED) is 0.864. The van der Waals surface area contributed by atoms with Crippen LogP contribution in [-0.4, -0.2) is 5.91 Å². The zero-order valence-electron chi connectivity index (χ0n) is 10.6. The van der Waals surface area contributed by atoms with Crippen LogP contribution in [0, 0.1) is 24.2 Å². The molecule has 1 unspecified atom stereocenters. The van der Waals surface area contributed by atoms with Crippen LogP contribution in [0.5, 0.6) is 0 Å². The molecule has 0 saturated carbocycles. The molecule has 0 radical (unpaired) electrons. The summed E-state index contributed by atoms with van der Waals surface area (Å²) in [6.45, 7) is 5.85. The smallest absolute Gasteiger partial charge is 0.241 e. The maximum atomic E-state index is 11.9. The van der Waals surface area contributed by atoms with Crippen LogP contribution in [0.1, 0.15) is 31.4 Å². The minimum atomic E-state index is -0.570. The molecule has 1 atom stereocenters. The second-order valence-corrected chi connectivity index (χ2v) is 4.04. The summed E-state index contributed by atoms with van der Waals surface area (Å²) in [7, 11) is 0. The molecule has 1 amide bonds. The predicted molar refractivity (Wildman–Crippen MR) is 68.6 cm³/mol. The largest absolute Gasteiger partial charge is 0.324 e. The molecule has 1 rings (SSSR count). The maximum absolute atomic E-state index is 11.9. The van der Waals surface area contributed by atoms with Crippen molar-refractivity contribution in [3.8, 4) is 6.07 Å². The number of nitrogens with zero attached hydrogens (tertiary/aromatic N) is 1. The lowest BCUT2D eigenvalue weighted by atomic mass is 10.0. The van der Waals surface area contributed by atoms with Gasteiger partial charge in [0, 0.05) is 5.69 Å². The maximum Gasteiger partial charge on any atom is 0.241 e. The number of benzene rings is 1. The lowest BCUT2D eigenvalue weighted by Gasteiger charge is -2.14. The number of nitriles is 1. The molecule has 0 aliphatic rings. The van der Waals surface area contributed by atoms with Crippen molar-refractivity contribution in [2.45, 2.75) is 33.6 Å².